The highest BCUT2D eigenvalue weighted by Crippen LogP contribution is 2.25. The molecule has 1 aromatic carbocycles. The molecule has 0 saturated carbocycles. The smallest absolute Gasteiger partial charge is 0.0713 e. The second-order valence-electron chi connectivity index (χ2n) is 4.22. The van der Waals surface area contributed by atoms with Crippen LogP contribution < -0.4 is 5.32 Å². The van der Waals surface area contributed by atoms with Crippen molar-refractivity contribution < 1.29 is 9.47 Å². The SMILES string of the molecule is COCc1ccc(C2COCCCN2)c(Cl)c1. The van der Waals surface area contributed by atoms with Gasteiger partial charge in [-0.25, -0.2) is 0 Å². The molecule has 1 aromatic rings. The summed E-state index contributed by atoms with van der Waals surface area (Å²) in [6.45, 7) is 3.07. The van der Waals surface area contributed by atoms with E-state index in [1.807, 2.05) is 6.07 Å². The fraction of sp³-hybridized carbons (Fsp3) is 0.538. The molecule has 17 heavy (non-hydrogen) atoms. The van der Waals surface area contributed by atoms with Gasteiger partial charge < -0.3 is 14.8 Å². The summed E-state index contributed by atoms with van der Waals surface area (Å²) in [4.78, 5) is 0. The van der Waals surface area contributed by atoms with Gasteiger partial charge in [0, 0.05) is 18.7 Å². The molecule has 2 rings (SSSR count). The summed E-state index contributed by atoms with van der Waals surface area (Å²) in [5.41, 5.74) is 2.20. The molecule has 4 heteroatoms. The summed E-state index contributed by atoms with van der Waals surface area (Å²) in [6.07, 6.45) is 1.05. The second kappa shape index (κ2) is 6.36. The molecule has 0 aromatic heterocycles. The topological polar surface area (TPSA) is 30.5 Å². The van der Waals surface area contributed by atoms with Crippen molar-refractivity contribution in [1.82, 2.24) is 5.32 Å². The highest BCUT2D eigenvalue weighted by Gasteiger charge is 2.16. The minimum atomic E-state index is 0.196. The van der Waals surface area contributed by atoms with Crippen LogP contribution in [0.1, 0.15) is 23.6 Å². The number of ether oxygens (including phenoxy) is 2. The molecule has 1 atom stereocenters. The maximum Gasteiger partial charge on any atom is 0.0713 e. The second-order valence-corrected chi connectivity index (χ2v) is 4.63. The minimum Gasteiger partial charge on any atom is -0.380 e. The van der Waals surface area contributed by atoms with Crippen LogP contribution in [0.2, 0.25) is 5.02 Å². The Bertz CT molecular complexity index is 362. The molecule has 1 unspecified atom stereocenters. The molecule has 94 valence electrons. The lowest BCUT2D eigenvalue weighted by atomic mass is 10.1. The molecule has 1 aliphatic heterocycles. The fourth-order valence-electron chi connectivity index (χ4n) is 2.02. The van der Waals surface area contributed by atoms with Crippen LogP contribution in [0.3, 0.4) is 0 Å². The Morgan fingerprint density at radius 2 is 2.41 bits per heavy atom. The summed E-state index contributed by atoms with van der Waals surface area (Å²) in [5.74, 6) is 0. The quantitative estimate of drug-likeness (QED) is 0.901. The van der Waals surface area contributed by atoms with E-state index in [4.69, 9.17) is 21.1 Å². The van der Waals surface area contributed by atoms with E-state index in [2.05, 4.69) is 17.4 Å². The monoisotopic (exact) mass is 255 g/mol. The predicted molar refractivity (Wildman–Crippen MR) is 68.3 cm³/mol. The van der Waals surface area contributed by atoms with Crippen LogP contribution in [-0.4, -0.2) is 26.9 Å². The Kier molecular flexibility index (Phi) is 4.80. The molecule has 1 heterocycles. The van der Waals surface area contributed by atoms with E-state index in [9.17, 15) is 0 Å². The van der Waals surface area contributed by atoms with Gasteiger partial charge in [0.2, 0.25) is 0 Å². The van der Waals surface area contributed by atoms with Gasteiger partial charge in [-0.15, -0.1) is 0 Å². The predicted octanol–water partition coefficient (Wildman–Crippen LogP) is 2.54. The van der Waals surface area contributed by atoms with Crippen molar-refractivity contribution in [1.29, 1.82) is 0 Å². The summed E-state index contributed by atoms with van der Waals surface area (Å²) in [7, 11) is 1.68. The van der Waals surface area contributed by atoms with E-state index >= 15 is 0 Å². The van der Waals surface area contributed by atoms with Crippen LogP contribution in [0.15, 0.2) is 18.2 Å². The third-order valence-electron chi connectivity index (χ3n) is 2.89. The summed E-state index contributed by atoms with van der Waals surface area (Å²) in [6, 6.07) is 6.27. The Labute approximate surface area is 107 Å². The van der Waals surface area contributed by atoms with Crippen LogP contribution in [0, 0.1) is 0 Å². The van der Waals surface area contributed by atoms with Gasteiger partial charge in [-0.1, -0.05) is 23.7 Å². The normalized spacial score (nSPS) is 21.2. The summed E-state index contributed by atoms with van der Waals surface area (Å²) in [5, 5.41) is 4.23. The van der Waals surface area contributed by atoms with Crippen molar-refractivity contribution in [3.8, 4) is 0 Å². The van der Waals surface area contributed by atoms with Crippen LogP contribution in [0.25, 0.3) is 0 Å². The number of hydrogen-bond donors (Lipinski definition) is 1. The average Bonchev–Trinajstić information content (AvgIpc) is 2.58. The summed E-state index contributed by atoms with van der Waals surface area (Å²) < 4.78 is 10.6. The van der Waals surface area contributed by atoms with E-state index in [0.717, 1.165) is 35.7 Å². The van der Waals surface area contributed by atoms with Crippen LogP contribution in [0.5, 0.6) is 0 Å². The molecule has 1 saturated heterocycles. The third kappa shape index (κ3) is 3.42. The first-order valence-corrected chi connectivity index (χ1v) is 6.27. The number of benzene rings is 1. The number of nitrogens with one attached hydrogen (secondary N) is 1. The van der Waals surface area contributed by atoms with Crippen molar-refractivity contribution in [3.63, 3.8) is 0 Å². The third-order valence-corrected chi connectivity index (χ3v) is 3.22. The number of halogens is 1. The van der Waals surface area contributed by atoms with Crippen molar-refractivity contribution in [2.75, 3.05) is 26.9 Å². The largest absolute Gasteiger partial charge is 0.380 e. The zero-order valence-electron chi connectivity index (χ0n) is 10.0. The highest BCUT2D eigenvalue weighted by molar-refractivity contribution is 6.31. The lowest BCUT2D eigenvalue weighted by Gasteiger charge is -2.17. The lowest BCUT2D eigenvalue weighted by molar-refractivity contribution is 0.131. The van der Waals surface area contributed by atoms with Crippen LogP contribution in [-0.2, 0) is 16.1 Å². The van der Waals surface area contributed by atoms with Gasteiger partial charge in [0.1, 0.15) is 0 Å². The molecule has 1 N–H and O–H groups in total. The van der Waals surface area contributed by atoms with Gasteiger partial charge in [0.05, 0.1) is 19.3 Å². The molecule has 0 spiro atoms. The van der Waals surface area contributed by atoms with Gasteiger partial charge >= 0.3 is 0 Å². The number of hydrogen-bond acceptors (Lipinski definition) is 3. The Hall–Kier alpha value is -0.610. The fourth-order valence-corrected chi connectivity index (χ4v) is 2.35. The maximum absolute atomic E-state index is 6.30. The first-order valence-electron chi connectivity index (χ1n) is 5.89. The maximum atomic E-state index is 6.30. The number of rotatable bonds is 3. The van der Waals surface area contributed by atoms with Gasteiger partial charge in [0.15, 0.2) is 0 Å². The minimum absolute atomic E-state index is 0.196. The van der Waals surface area contributed by atoms with Crippen molar-refractivity contribution in [2.24, 2.45) is 0 Å². The summed E-state index contributed by atoms with van der Waals surface area (Å²) >= 11 is 6.30. The van der Waals surface area contributed by atoms with Gasteiger partial charge in [0.25, 0.3) is 0 Å². The van der Waals surface area contributed by atoms with Crippen molar-refractivity contribution >= 4 is 11.6 Å². The Morgan fingerprint density at radius 1 is 1.53 bits per heavy atom. The van der Waals surface area contributed by atoms with Gasteiger partial charge in [-0.3, -0.25) is 0 Å². The van der Waals surface area contributed by atoms with E-state index in [1.54, 1.807) is 7.11 Å². The Morgan fingerprint density at radius 3 is 3.18 bits per heavy atom. The standard InChI is InChI=1S/C13H18ClNO2/c1-16-8-10-3-4-11(12(14)7-10)13-9-17-6-2-5-15-13/h3-4,7,13,15H,2,5-6,8-9H2,1H3. The van der Waals surface area contributed by atoms with Gasteiger partial charge in [-0.05, 0) is 30.2 Å². The molecule has 1 fully saturated rings. The average molecular weight is 256 g/mol. The molecule has 3 nitrogen and oxygen atoms in total. The molecular formula is C13H18ClNO2. The molecule has 0 radical (unpaired) electrons. The highest BCUT2D eigenvalue weighted by atomic mass is 35.5. The van der Waals surface area contributed by atoms with Gasteiger partial charge in [-0.2, -0.15) is 0 Å². The van der Waals surface area contributed by atoms with Crippen LogP contribution in [0.4, 0.5) is 0 Å². The lowest BCUT2D eigenvalue weighted by Crippen LogP contribution is -2.23. The molecule has 0 amide bonds. The Balaban J connectivity index is 2.14. The molecular weight excluding hydrogens is 238 g/mol. The first kappa shape index (κ1) is 12.8. The molecule has 0 bridgehead atoms. The first-order chi connectivity index (χ1) is 8.31. The molecule has 1 aliphatic rings. The van der Waals surface area contributed by atoms with Crippen molar-refractivity contribution in [2.45, 2.75) is 19.1 Å². The van der Waals surface area contributed by atoms with E-state index < -0.39 is 0 Å². The van der Waals surface area contributed by atoms with E-state index in [0.29, 0.717) is 13.2 Å². The zero-order chi connectivity index (χ0) is 12.1. The van der Waals surface area contributed by atoms with Crippen molar-refractivity contribution in [3.05, 3.63) is 34.3 Å². The molecule has 0 aliphatic carbocycles. The number of methoxy groups -OCH3 is 1. The van der Waals surface area contributed by atoms with E-state index in [1.165, 1.54) is 0 Å². The van der Waals surface area contributed by atoms with E-state index in [-0.39, 0.29) is 6.04 Å². The van der Waals surface area contributed by atoms with Crippen LogP contribution >= 0.6 is 11.6 Å². The zero-order valence-corrected chi connectivity index (χ0v) is 10.8.